The largest absolute Gasteiger partial charge is 0.493 e. The maximum absolute atomic E-state index is 12.1. The molecule has 0 atom stereocenters. The number of ether oxygens (including phenoxy) is 3. The monoisotopic (exact) mass is 427 g/mol. The molecule has 25 heavy (non-hydrogen) atoms. The quantitative estimate of drug-likeness (QED) is 0.721. The summed E-state index contributed by atoms with van der Waals surface area (Å²) in [5.74, 6) is 1.41. The summed E-state index contributed by atoms with van der Waals surface area (Å²) in [6.45, 7) is 3.64. The van der Waals surface area contributed by atoms with Gasteiger partial charge in [-0.15, -0.1) is 0 Å². The van der Waals surface area contributed by atoms with Crippen molar-refractivity contribution >= 4 is 39.1 Å². The zero-order valence-electron chi connectivity index (χ0n) is 14.4. The fraction of sp³-hybridized carbons (Fsp3) is 0.278. The first kappa shape index (κ1) is 19.4. The van der Waals surface area contributed by atoms with Gasteiger partial charge in [-0.05, 0) is 59.1 Å². The van der Waals surface area contributed by atoms with Gasteiger partial charge in [-0.25, -0.2) is 0 Å². The van der Waals surface area contributed by atoms with Gasteiger partial charge in [0.15, 0.2) is 18.1 Å². The number of benzene rings is 2. The number of methoxy groups -OCH3 is 2. The van der Waals surface area contributed by atoms with Gasteiger partial charge in [-0.3, -0.25) is 4.79 Å². The normalized spacial score (nSPS) is 10.3. The van der Waals surface area contributed by atoms with E-state index < -0.39 is 0 Å². The topological polar surface area (TPSA) is 56.8 Å². The number of hydrogen-bond acceptors (Lipinski definition) is 4. The summed E-state index contributed by atoms with van der Waals surface area (Å²) in [5.41, 5.74) is 2.35. The van der Waals surface area contributed by atoms with Crippen molar-refractivity contribution in [1.29, 1.82) is 0 Å². The van der Waals surface area contributed by atoms with Crippen LogP contribution in [0.4, 0.5) is 5.69 Å². The molecule has 0 spiro atoms. The maximum atomic E-state index is 12.1. The van der Waals surface area contributed by atoms with Crippen LogP contribution in [0.1, 0.15) is 11.1 Å². The molecule has 0 unspecified atom stereocenters. The number of rotatable bonds is 6. The van der Waals surface area contributed by atoms with Crippen molar-refractivity contribution in [1.82, 2.24) is 0 Å². The fourth-order valence-corrected chi connectivity index (χ4v) is 2.95. The third kappa shape index (κ3) is 4.58. The summed E-state index contributed by atoms with van der Waals surface area (Å²) >= 11 is 9.64. The van der Waals surface area contributed by atoms with Crippen molar-refractivity contribution in [3.63, 3.8) is 0 Å². The van der Waals surface area contributed by atoms with Crippen LogP contribution in [0, 0.1) is 13.8 Å². The molecule has 0 aliphatic rings. The van der Waals surface area contributed by atoms with Gasteiger partial charge in [0.1, 0.15) is 5.75 Å². The fourth-order valence-electron chi connectivity index (χ4n) is 2.26. The van der Waals surface area contributed by atoms with Gasteiger partial charge in [-0.2, -0.15) is 0 Å². The molecular formula is C18H19BrClNO4. The van der Waals surface area contributed by atoms with Gasteiger partial charge in [-0.1, -0.05) is 11.6 Å². The molecule has 0 aliphatic carbocycles. The molecule has 0 aromatic heterocycles. The lowest BCUT2D eigenvalue weighted by atomic mass is 10.1. The van der Waals surface area contributed by atoms with Gasteiger partial charge in [0, 0.05) is 16.8 Å². The molecule has 0 bridgehead atoms. The first-order chi connectivity index (χ1) is 11.9. The van der Waals surface area contributed by atoms with E-state index in [4.69, 9.17) is 25.8 Å². The number of carbonyl (C=O) groups is 1. The van der Waals surface area contributed by atoms with E-state index in [2.05, 4.69) is 21.2 Å². The zero-order valence-corrected chi connectivity index (χ0v) is 16.7. The Labute approximate surface area is 160 Å². The minimum Gasteiger partial charge on any atom is -0.493 e. The van der Waals surface area contributed by atoms with Crippen molar-refractivity contribution in [2.24, 2.45) is 0 Å². The van der Waals surface area contributed by atoms with Gasteiger partial charge in [0.2, 0.25) is 0 Å². The molecule has 7 heteroatoms. The summed E-state index contributed by atoms with van der Waals surface area (Å²) in [6, 6.07) is 6.93. The van der Waals surface area contributed by atoms with Gasteiger partial charge < -0.3 is 19.5 Å². The van der Waals surface area contributed by atoms with Crippen LogP contribution in [0.5, 0.6) is 17.2 Å². The lowest BCUT2D eigenvalue weighted by Crippen LogP contribution is -2.20. The van der Waals surface area contributed by atoms with Crippen molar-refractivity contribution in [2.45, 2.75) is 13.8 Å². The van der Waals surface area contributed by atoms with Crippen LogP contribution >= 0.6 is 27.5 Å². The van der Waals surface area contributed by atoms with Gasteiger partial charge in [0.05, 0.1) is 18.7 Å². The number of amides is 1. The van der Waals surface area contributed by atoms with Crippen LogP contribution in [0.2, 0.25) is 5.02 Å². The molecule has 1 N–H and O–H groups in total. The third-order valence-electron chi connectivity index (χ3n) is 3.59. The molecule has 2 rings (SSSR count). The Balaban J connectivity index is 2.04. The Morgan fingerprint density at radius 1 is 1.12 bits per heavy atom. The van der Waals surface area contributed by atoms with Gasteiger partial charge in [0.25, 0.3) is 5.91 Å². The van der Waals surface area contributed by atoms with E-state index in [9.17, 15) is 4.79 Å². The number of hydrogen-bond donors (Lipinski definition) is 1. The summed E-state index contributed by atoms with van der Waals surface area (Å²) in [5, 5.41) is 3.43. The molecule has 0 saturated carbocycles. The summed E-state index contributed by atoms with van der Waals surface area (Å²) in [6.07, 6.45) is 0. The standard InChI is InChI=1S/C18H19BrClNO4/c1-10-7-15(17(19)11(2)18(10)20)25-9-16(22)21-12-5-6-13(23-3)14(8-12)24-4/h5-8H,9H2,1-4H3,(H,21,22). The molecule has 134 valence electrons. The molecular weight excluding hydrogens is 410 g/mol. The number of anilines is 1. The Hall–Kier alpha value is -1.92. The van der Waals surface area contributed by atoms with Crippen molar-refractivity contribution < 1.29 is 19.0 Å². The molecule has 2 aromatic carbocycles. The highest BCUT2D eigenvalue weighted by Crippen LogP contribution is 2.35. The average molecular weight is 429 g/mol. The second-order valence-corrected chi connectivity index (χ2v) is 6.52. The molecule has 5 nitrogen and oxygen atoms in total. The van der Waals surface area contributed by atoms with Gasteiger partial charge >= 0.3 is 0 Å². The average Bonchev–Trinajstić information content (AvgIpc) is 2.61. The Bertz CT molecular complexity index is 795. The van der Waals surface area contributed by atoms with E-state index in [1.165, 1.54) is 7.11 Å². The Morgan fingerprint density at radius 3 is 2.44 bits per heavy atom. The summed E-state index contributed by atoms with van der Waals surface area (Å²) < 4.78 is 16.7. The van der Waals surface area contributed by atoms with Crippen LogP contribution in [-0.2, 0) is 4.79 Å². The molecule has 0 saturated heterocycles. The second kappa shape index (κ2) is 8.45. The second-order valence-electron chi connectivity index (χ2n) is 5.35. The van der Waals surface area contributed by atoms with Crippen molar-refractivity contribution in [3.05, 3.63) is 44.9 Å². The lowest BCUT2D eigenvalue weighted by molar-refractivity contribution is -0.118. The molecule has 0 heterocycles. The first-order valence-corrected chi connectivity index (χ1v) is 8.64. The Morgan fingerprint density at radius 2 is 1.80 bits per heavy atom. The zero-order chi connectivity index (χ0) is 18.6. The number of aryl methyl sites for hydroxylation is 1. The van der Waals surface area contributed by atoms with E-state index >= 15 is 0 Å². The van der Waals surface area contributed by atoms with Crippen LogP contribution in [-0.4, -0.2) is 26.7 Å². The highest BCUT2D eigenvalue weighted by Gasteiger charge is 2.13. The molecule has 1 amide bonds. The Kier molecular flexibility index (Phi) is 6.56. The van der Waals surface area contributed by atoms with E-state index in [1.807, 2.05) is 13.8 Å². The highest BCUT2D eigenvalue weighted by atomic mass is 79.9. The van der Waals surface area contributed by atoms with Crippen molar-refractivity contribution in [2.75, 3.05) is 26.1 Å². The molecule has 2 aromatic rings. The third-order valence-corrected chi connectivity index (χ3v) is 5.16. The van der Waals surface area contributed by atoms with Crippen LogP contribution in [0.25, 0.3) is 0 Å². The SMILES string of the molecule is COc1ccc(NC(=O)COc2cc(C)c(Cl)c(C)c2Br)cc1OC. The van der Waals surface area contributed by atoms with Crippen LogP contribution < -0.4 is 19.5 Å². The van der Waals surface area contributed by atoms with Crippen LogP contribution in [0.3, 0.4) is 0 Å². The summed E-state index contributed by atoms with van der Waals surface area (Å²) in [7, 11) is 3.09. The summed E-state index contributed by atoms with van der Waals surface area (Å²) in [4.78, 5) is 12.1. The minimum absolute atomic E-state index is 0.131. The number of halogens is 2. The maximum Gasteiger partial charge on any atom is 0.262 e. The smallest absolute Gasteiger partial charge is 0.262 e. The molecule has 0 radical (unpaired) electrons. The highest BCUT2D eigenvalue weighted by molar-refractivity contribution is 9.10. The molecule has 0 fully saturated rings. The number of carbonyl (C=O) groups excluding carboxylic acids is 1. The minimum atomic E-state index is -0.288. The predicted molar refractivity (Wildman–Crippen MR) is 102 cm³/mol. The van der Waals surface area contributed by atoms with E-state index in [0.717, 1.165) is 15.6 Å². The number of nitrogens with one attached hydrogen (secondary N) is 1. The lowest BCUT2D eigenvalue weighted by Gasteiger charge is -2.14. The van der Waals surface area contributed by atoms with E-state index in [0.29, 0.717) is 28.0 Å². The molecule has 0 aliphatic heterocycles. The van der Waals surface area contributed by atoms with Crippen LogP contribution in [0.15, 0.2) is 28.7 Å². The predicted octanol–water partition coefficient (Wildman–Crippen LogP) is 4.75. The van der Waals surface area contributed by atoms with E-state index in [1.54, 1.807) is 31.4 Å². The first-order valence-electron chi connectivity index (χ1n) is 7.47. The van der Waals surface area contributed by atoms with E-state index in [-0.39, 0.29) is 12.5 Å². The van der Waals surface area contributed by atoms with Crippen molar-refractivity contribution in [3.8, 4) is 17.2 Å².